The summed E-state index contributed by atoms with van der Waals surface area (Å²) in [5.41, 5.74) is 3.48. The first-order chi connectivity index (χ1) is 9.15. The molecule has 2 rings (SSSR count). The van der Waals surface area contributed by atoms with Gasteiger partial charge in [-0.3, -0.25) is 0 Å². The van der Waals surface area contributed by atoms with Crippen molar-refractivity contribution in [3.8, 4) is 0 Å². The van der Waals surface area contributed by atoms with Gasteiger partial charge in [-0.1, -0.05) is 0 Å². The first kappa shape index (κ1) is 15.8. The second-order valence-electron chi connectivity index (χ2n) is 6.17. The molecule has 6 heteroatoms. The van der Waals surface area contributed by atoms with Crippen molar-refractivity contribution in [1.29, 1.82) is 0 Å². The van der Waals surface area contributed by atoms with Gasteiger partial charge in [0.15, 0.2) is 0 Å². The van der Waals surface area contributed by atoms with Crippen molar-refractivity contribution in [2.24, 2.45) is 0 Å². The second kappa shape index (κ2) is 4.98. The van der Waals surface area contributed by atoms with Crippen LogP contribution in [0.3, 0.4) is 0 Å². The van der Waals surface area contributed by atoms with Crippen LogP contribution in [0.1, 0.15) is 27.7 Å². The standard InChI is InChI=1S/C14H22GeO5/c1-7-5-13(4,9(3)8(7)2)15-14(19)11(17)10(6-16)20-12(14)18/h5,10-11,16-17,19H,6,15H2,1-4H3/t10-,11+,13?,14+/m1/s1. The summed E-state index contributed by atoms with van der Waals surface area (Å²) in [6.45, 7) is 7.57. The maximum atomic E-state index is 11.9. The number of hydrogen-bond acceptors (Lipinski definition) is 5. The number of ether oxygens (including phenoxy) is 1. The van der Waals surface area contributed by atoms with Crippen LogP contribution < -0.4 is 0 Å². The van der Waals surface area contributed by atoms with Gasteiger partial charge in [-0.15, -0.1) is 0 Å². The quantitative estimate of drug-likeness (QED) is 0.480. The molecule has 1 aliphatic heterocycles. The number of aliphatic hydroxyl groups is 3. The third kappa shape index (κ3) is 2.17. The van der Waals surface area contributed by atoms with Crippen LogP contribution in [0.25, 0.3) is 0 Å². The number of allylic oxidation sites excluding steroid dienone is 4. The number of carbonyl (C=O) groups is 1. The fraction of sp³-hybridized carbons (Fsp3) is 0.643. The molecule has 1 fully saturated rings. The summed E-state index contributed by atoms with van der Waals surface area (Å²) in [6.07, 6.45) is -0.264. The number of esters is 1. The molecule has 0 spiro atoms. The topological polar surface area (TPSA) is 87.0 Å². The predicted octanol–water partition coefficient (Wildman–Crippen LogP) is -0.403. The van der Waals surface area contributed by atoms with E-state index in [4.69, 9.17) is 9.84 Å². The Bertz CT molecular complexity index is 512. The number of carbonyl (C=O) groups excluding carboxylic acids is 1. The van der Waals surface area contributed by atoms with E-state index in [0.717, 1.165) is 11.1 Å². The Morgan fingerprint density at radius 3 is 2.40 bits per heavy atom. The van der Waals surface area contributed by atoms with Crippen LogP contribution in [0.4, 0.5) is 0 Å². The number of rotatable bonds is 3. The molecule has 3 N–H and O–H groups in total. The van der Waals surface area contributed by atoms with Gasteiger partial charge in [0.25, 0.3) is 0 Å². The zero-order valence-corrected chi connectivity index (χ0v) is 15.3. The molecule has 0 amide bonds. The van der Waals surface area contributed by atoms with E-state index in [9.17, 15) is 15.0 Å². The summed E-state index contributed by atoms with van der Waals surface area (Å²) < 4.78 is 2.79. The molecule has 0 aromatic carbocycles. The third-order valence-electron chi connectivity index (χ3n) is 4.82. The van der Waals surface area contributed by atoms with Gasteiger partial charge >= 0.3 is 124 Å². The predicted molar refractivity (Wildman–Crippen MR) is 77.0 cm³/mol. The molecule has 1 aliphatic carbocycles. The van der Waals surface area contributed by atoms with Crippen LogP contribution in [-0.4, -0.2) is 60.0 Å². The average Bonchev–Trinajstić information content (AvgIpc) is 2.70. The normalized spacial score (nSPS) is 41.8. The molecule has 1 heterocycles. The van der Waals surface area contributed by atoms with E-state index < -0.39 is 44.6 Å². The molecule has 0 radical (unpaired) electrons. The summed E-state index contributed by atoms with van der Waals surface area (Å²) >= 11 is -2.03. The van der Waals surface area contributed by atoms with Gasteiger partial charge in [0.2, 0.25) is 0 Å². The van der Waals surface area contributed by atoms with Crippen molar-refractivity contribution < 1.29 is 24.9 Å². The first-order valence-corrected chi connectivity index (χ1v) is 9.72. The van der Waals surface area contributed by atoms with Crippen molar-refractivity contribution in [3.63, 3.8) is 0 Å². The Balaban J connectivity index is 2.33. The Kier molecular flexibility index (Phi) is 3.92. The Morgan fingerprint density at radius 2 is 2.00 bits per heavy atom. The molecule has 0 aromatic rings. The van der Waals surface area contributed by atoms with Crippen LogP contribution in [0.15, 0.2) is 22.8 Å². The molecule has 20 heavy (non-hydrogen) atoms. The van der Waals surface area contributed by atoms with Crippen molar-refractivity contribution in [3.05, 3.63) is 22.8 Å². The Labute approximate surface area is 124 Å². The van der Waals surface area contributed by atoms with Crippen molar-refractivity contribution >= 4 is 21.4 Å². The molecule has 1 saturated heterocycles. The summed E-state index contributed by atoms with van der Waals surface area (Å²) in [7, 11) is 0. The van der Waals surface area contributed by atoms with E-state index in [1.54, 1.807) is 0 Å². The Morgan fingerprint density at radius 1 is 1.40 bits per heavy atom. The van der Waals surface area contributed by atoms with E-state index in [1.165, 1.54) is 5.57 Å². The van der Waals surface area contributed by atoms with Gasteiger partial charge in [-0.25, -0.2) is 0 Å². The van der Waals surface area contributed by atoms with Gasteiger partial charge in [0.1, 0.15) is 0 Å². The summed E-state index contributed by atoms with van der Waals surface area (Å²) in [5, 5.41) is 29.9. The van der Waals surface area contributed by atoms with Crippen LogP contribution in [0.5, 0.6) is 0 Å². The Hall–Kier alpha value is -0.627. The maximum absolute atomic E-state index is 11.9. The molecular weight excluding hydrogens is 321 g/mol. The first-order valence-electron chi connectivity index (χ1n) is 6.76. The van der Waals surface area contributed by atoms with E-state index in [2.05, 4.69) is 6.08 Å². The monoisotopic (exact) mass is 344 g/mol. The van der Waals surface area contributed by atoms with Gasteiger partial charge < -0.3 is 0 Å². The van der Waals surface area contributed by atoms with E-state index in [1.807, 2.05) is 27.7 Å². The zero-order valence-electron chi connectivity index (χ0n) is 12.3. The molecule has 5 nitrogen and oxygen atoms in total. The number of hydrogen-bond donors (Lipinski definition) is 3. The van der Waals surface area contributed by atoms with Gasteiger partial charge in [0.05, 0.1) is 0 Å². The van der Waals surface area contributed by atoms with E-state index in [-0.39, 0.29) is 4.25 Å². The molecule has 112 valence electrons. The summed E-state index contributed by atoms with van der Waals surface area (Å²) in [4.78, 5) is 11.9. The molecule has 0 aromatic heterocycles. The van der Waals surface area contributed by atoms with Crippen molar-refractivity contribution in [2.75, 3.05) is 6.61 Å². The fourth-order valence-electron chi connectivity index (χ4n) is 3.21. The molecule has 0 bridgehead atoms. The third-order valence-corrected chi connectivity index (χ3v) is 10.5. The van der Waals surface area contributed by atoms with Crippen LogP contribution in [0.2, 0.25) is 4.25 Å². The zero-order chi connectivity index (χ0) is 15.3. The number of cyclic esters (lactones) is 1. The minimum atomic E-state index is -2.03. The van der Waals surface area contributed by atoms with Crippen molar-refractivity contribution in [1.82, 2.24) is 0 Å². The van der Waals surface area contributed by atoms with Gasteiger partial charge in [0, 0.05) is 0 Å². The summed E-state index contributed by atoms with van der Waals surface area (Å²) in [6, 6.07) is 0. The SMILES string of the molecule is CC1=C[C](C)([GeH2][C@@]2(O)C(=O)O[C@H](CO)[C@@H]2O)C(C)=C1C. The van der Waals surface area contributed by atoms with E-state index in [0.29, 0.717) is 0 Å². The summed E-state index contributed by atoms with van der Waals surface area (Å²) in [5.74, 6) is -0.784. The molecule has 1 unspecified atom stereocenters. The van der Waals surface area contributed by atoms with E-state index >= 15 is 0 Å². The average molecular weight is 343 g/mol. The molecule has 2 aliphatic rings. The van der Waals surface area contributed by atoms with Crippen LogP contribution in [0, 0.1) is 0 Å². The van der Waals surface area contributed by atoms with Crippen molar-refractivity contribution in [2.45, 2.75) is 48.6 Å². The molecule has 4 atom stereocenters. The van der Waals surface area contributed by atoms with Gasteiger partial charge in [-0.05, 0) is 0 Å². The molecular formula is C14H22GeO5. The van der Waals surface area contributed by atoms with Crippen LogP contribution in [-0.2, 0) is 9.53 Å². The minimum absolute atomic E-state index is 0.319. The van der Waals surface area contributed by atoms with Crippen LogP contribution >= 0.6 is 0 Å². The van der Waals surface area contributed by atoms with Gasteiger partial charge in [-0.2, -0.15) is 0 Å². The number of aliphatic hydroxyl groups excluding tert-OH is 2. The molecule has 0 saturated carbocycles. The fourth-order valence-corrected chi connectivity index (χ4v) is 8.99. The second-order valence-corrected chi connectivity index (χ2v) is 12.3.